The Kier molecular flexibility index (Phi) is 5.82. The smallest absolute Gasteiger partial charge is 0.320 e. The van der Waals surface area contributed by atoms with E-state index in [2.05, 4.69) is 20.6 Å². The maximum absolute atomic E-state index is 13.4. The number of nitrogen functional groups attached to an aromatic ring is 1. The number of aromatic nitrogens is 2. The molecule has 1 aromatic carbocycles. The first kappa shape index (κ1) is 19.9. The zero-order valence-corrected chi connectivity index (χ0v) is 16.0. The number of aryl methyl sites for hydroxylation is 1. The fourth-order valence-electron chi connectivity index (χ4n) is 2.96. The molecule has 0 aliphatic carbocycles. The van der Waals surface area contributed by atoms with Crippen molar-refractivity contribution in [3.8, 4) is 0 Å². The third-order valence-corrected chi connectivity index (χ3v) is 4.38. The third kappa shape index (κ3) is 4.73. The lowest BCUT2D eigenvalue weighted by atomic mass is 10.0. The molecule has 8 heteroatoms. The summed E-state index contributed by atoms with van der Waals surface area (Å²) >= 11 is 0. The Hall–Kier alpha value is -3.81. The van der Waals surface area contributed by atoms with Crippen LogP contribution in [-0.4, -0.2) is 21.7 Å². The molecule has 3 rings (SSSR count). The van der Waals surface area contributed by atoms with Gasteiger partial charge < -0.3 is 11.1 Å². The molecule has 0 aliphatic heterocycles. The van der Waals surface area contributed by atoms with Crippen LogP contribution in [0.15, 0.2) is 54.7 Å². The highest BCUT2D eigenvalue weighted by Crippen LogP contribution is 2.23. The Morgan fingerprint density at radius 1 is 1.24 bits per heavy atom. The molecule has 0 unspecified atom stereocenters. The SMILES string of the molecule is Cc1nc(NC(=O)N[C@H](C)c2ccccc2)cc(N)c1C(=N)c1ccnc(F)c1.[HH].[HH].[HH]. The zero-order chi connectivity index (χ0) is 21.0. The molecule has 1 atom stereocenters. The number of urea groups is 1. The molecule has 0 saturated heterocycles. The molecule has 7 nitrogen and oxygen atoms in total. The van der Waals surface area contributed by atoms with E-state index < -0.39 is 12.0 Å². The van der Waals surface area contributed by atoms with E-state index in [0.29, 0.717) is 16.8 Å². The van der Waals surface area contributed by atoms with E-state index in [1.165, 1.54) is 18.3 Å². The molecule has 0 radical (unpaired) electrons. The van der Waals surface area contributed by atoms with Crippen molar-refractivity contribution in [3.63, 3.8) is 0 Å². The normalized spacial score (nSPS) is 11.6. The van der Waals surface area contributed by atoms with Gasteiger partial charge in [0.2, 0.25) is 5.95 Å². The predicted molar refractivity (Wildman–Crippen MR) is 117 cm³/mol. The van der Waals surface area contributed by atoms with Gasteiger partial charge in [0.15, 0.2) is 0 Å². The molecule has 2 heterocycles. The molecule has 0 fully saturated rings. The first-order valence-corrected chi connectivity index (χ1v) is 8.95. The summed E-state index contributed by atoms with van der Waals surface area (Å²) < 4.78 is 13.4. The number of carbonyl (C=O) groups is 1. The van der Waals surface area contributed by atoms with Crippen molar-refractivity contribution in [2.75, 3.05) is 11.1 Å². The van der Waals surface area contributed by atoms with Crippen LogP contribution in [-0.2, 0) is 0 Å². The summed E-state index contributed by atoms with van der Waals surface area (Å²) in [5.74, 6) is -0.422. The number of halogens is 1. The number of anilines is 2. The average Bonchev–Trinajstić information content (AvgIpc) is 2.68. The summed E-state index contributed by atoms with van der Waals surface area (Å²) in [5, 5.41) is 13.8. The first-order chi connectivity index (χ1) is 13.8. The van der Waals surface area contributed by atoms with Crippen molar-refractivity contribution in [3.05, 3.63) is 83.1 Å². The first-order valence-electron chi connectivity index (χ1n) is 8.95. The summed E-state index contributed by atoms with van der Waals surface area (Å²) in [7, 11) is 0. The molecule has 2 aromatic heterocycles. The topological polar surface area (TPSA) is 117 Å². The van der Waals surface area contributed by atoms with E-state index in [4.69, 9.17) is 11.1 Å². The Morgan fingerprint density at radius 3 is 2.62 bits per heavy atom. The van der Waals surface area contributed by atoms with Gasteiger partial charge in [-0.05, 0) is 25.5 Å². The van der Waals surface area contributed by atoms with Crippen LogP contribution in [0, 0.1) is 18.3 Å². The van der Waals surface area contributed by atoms with Crippen molar-refractivity contribution in [1.29, 1.82) is 5.41 Å². The van der Waals surface area contributed by atoms with Gasteiger partial charge in [-0.2, -0.15) is 4.39 Å². The molecule has 154 valence electrons. The second-order valence-electron chi connectivity index (χ2n) is 6.53. The van der Waals surface area contributed by atoms with Gasteiger partial charge in [0.25, 0.3) is 0 Å². The second-order valence-corrected chi connectivity index (χ2v) is 6.53. The van der Waals surface area contributed by atoms with Gasteiger partial charge in [-0.1, -0.05) is 30.3 Å². The molecule has 5 N–H and O–H groups in total. The minimum Gasteiger partial charge on any atom is -0.398 e. The number of nitrogens with two attached hydrogens (primary N) is 1. The van der Waals surface area contributed by atoms with E-state index in [0.717, 1.165) is 11.6 Å². The van der Waals surface area contributed by atoms with Crippen molar-refractivity contribution in [2.24, 2.45) is 0 Å². The highest BCUT2D eigenvalue weighted by Gasteiger charge is 2.16. The van der Waals surface area contributed by atoms with Gasteiger partial charge in [-0.3, -0.25) is 10.7 Å². The number of amides is 2. The van der Waals surface area contributed by atoms with E-state index >= 15 is 0 Å². The Labute approximate surface area is 172 Å². The molecule has 3 aromatic rings. The number of rotatable bonds is 5. The van der Waals surface area contributed by atoms with Crippen LogP contribution >= 0.6 is 0 Å². The lowest BCUT2D eigenvalue weighted by molar-refractivity contribution is 0.249. The summed E-state index contributed by atoms with van der Waals surface area (Å²) in [4.78, 5) is 20.1. The van der Waals surface area contributed by atoms with Crippen LogP contribution in [0.3, 0.4) is 0 Å². The number of pyridine rings is 2. The Bertz CT molecular complexity index is 1050. The number of nitrogens with one attached hydrogen (secondary N) is 3. The predicted octanol–water partition coefficient (Wildman–Crippen LogP) is 4.54. The van der Waals surface area contributed by atoms with Crippen LogP contribution < -0.4 is 16.4 Å². The molecule has 0 bridgehead atoms. The summed E-state index contributed by atoms with van der Waals surface area (Å²) in [6.45, 7) is 3.55. The van der Waals surface area contributed by atoms with Crippen LogP contribution in [0.1, 0.15) is 39.6 Å². The monoisotopic (exact) mass is 398 g/mol. The van der Waals surface area contributed by atoms with Gasteiger partial charge in [-0.25, -0.2) is 14.8 Å². The van der Waals surface area contributed by atoms with Gasteiger partial charge >= 0.3 is 6.03 Å². The van der Waals surface area contributed by atoms with E-state index in [1.54, 1.807) is 6.92 Å². The van der Waals surface area contributed by atoms with Gasteiger partial charge in [-0.15, -0.1) is 0 Å². The van der Waals surface area contributed by atoms with Gasteiger partial charge in [0, 0.05) is 39.4 Å². The number of carbonyl (C=O) groups excluding carboxylic acids is 1. The summed E-state index contributed by atoms with van der Waals surface area (Å²) in [6.07, 6.45) is 1.28. The molecule has 0 spiro atoms. The number of hydrogen-bond donors (Lipinski definition) is 4. The lowest BCUT2D eigenvalue weighted by Gasteiger charge is -2.16. The highest BCUT2D eigenvalue weighted by atomic mass is 19.1. The third-order valence-electron chi connectivity index (χ3n) is 4.38. The Balaban J connectivity index is 0.00000320. The lowest BCUT2D eigenvalue weighted by Crippen LogP contribution is -2.31. The van der Waals surface area contributed by atoms with E-state index in [9.17, 15) is 9.18 Å². The van der Waals surface area contributed by atoms with Gasteiger partial charge in [0.05, 0.1) is 17.4 Å². The molecule has 29 heavy (non-hydrogen) atoms. The largest absolute Gasteiger partial charge is 0.398 e. The fourth-order valence-corrected chi connectivity index (χ4v) is 2.96. The second kappa shape index (κ2) is 8.47. The van der Waals surface area contributed by atoms with E-state index in [1.807, 2.05) is 37.3 Å². The fraction of sp³-hybridized carbons (Fsp3) is 0.143. The van der Waals surface area contributed by atoms with Crippen molar-refractivity contribution in [1.82, 2.24) is 15.3 Å². The molecule has 0 aliphatic rings. The Morgan fingerprint density at radius 2 is 1.97 bits per heavy atom. The van der Waals surface area contributed by atoms with Gasteiger partial charge in [0.1, 0.15) is 5.82 Å². The minimum absolute atomic E-state index is 0. The van der Waals surface area contributed by atoms with E-state index in [-0.39, 0.29) is 27.5 Å². The van der Waals surface area contributed by atoms with Crippen molar-refractivity contribution < 1.29 is 13.5 Å². The molecular weight excluding hydrogens is 371 g/mol. The zero-order valence-electron chi connectivity index (χ0n) is 16.0. The standard InChI is InChI=1S/C21H21FN6O.3H2/c1-12(14-6-4-3-5-7-14)27-21(29)28-18-11-16(23)19(13(2)26-18)20(24)15-8-9-25-17(22)10-15;;;/h3-12,24H,1-2H3,(H4,23,26,27,28,29);3*1H/t12-;;;/m1.../s1. The van der Waals surface area contributed by atoms with Crippen LogP contribution in [0.5, 0.6) is 0 Å². The quantitative estimate of drug-likeness (QED) is 0.373. The van der Waals surface area contributed by atoms with Crippen molar-refractivity contribution >= 4 is 23.2 Å². The summed E-state index contributed by atoms with van der Waals surface area (Å²) in [6, 6.07) is 13.1. The minimum atomic E-state index is -0.682. The summed E-state index contributed by atoms with van der Waals surface area (Å²) in [5.41, 5.74) is 8.52. The molecule has 0 saturated carbocycles. The maximum atomic E-state index is 13.4. The van der Waals surface area contributed by atoms with Crippen molar-refractivity contribution in [2.45, 2.75) is 19.9 Å². The maximum Gasteiger partial charge on any atom is 0.320 e. The van der Waals surface area contributed by atoms with Crippen LogP contribution in [0.25, 0.3) is 0 Å². The number of nitrogens with zero attached hydrogens (tertiary/aromatic N) is 2. The average molecular weight is 398 g/mol. The molecule has 2 amide bonds. The van der Waals surface area contributed by atoms with Crippen LogP contribution in [0.2, 0.25) is 0 Å². The molecular formula is C21H27FN6O. The highest BCUT2D eigenvalue weighted by molar-refractivity contribution is 6.14. The number of benzene rings is 1. The van der Waals surface area contributed by atoms with Crippen LogP contribution in [0.4, 0.5) is 20.7 Å². The number of hydrogen-bond acceptors (Lipinski definition) is 5.